The quantitative estimate of drug-likeness (QED) is 0.780. The lowest BCUT2D eigenvalue weighted by Crippen LogP contribution is -2.13. The molecule has 0 atom stereocenters. The van der Waals surface area contributed by atoms with E-state index in [4.69, 9.17) is 5.73 Å². The molecule has 0 aliphatic carbocycles. The Labute approximate surface area is 136 Å². The zero-order valence-electron chi connectivity index (χ0n) is 13.4. The summed E-state index contributed by atoms with van der Waals surface area (Å²) in [6, 6.07) is 20.4. The van der Waals surface area contributed by atoms with Crippen LogP contribution in [0.2, 0.25) is 0 Å². The number of carbonyl (C=O) groups is 1. The Hall–Kier alpha value is -2.81. The van der Waals surface area contributed by atoms with Crippen molar-refractivity contribution in [2.75, 3.05) is 0 Å². The second kappa shape index (κ2) is 6.13. The van der Waals surface area contributed by atoms with Crippen LogP contribution >= 0.6 is 0 Å². The molecule has 0 fully saturated rings. The summed E-state index contributed by atoms with van der Waals surface area (Å²) in [4.78, 5) is 11.9. The maximum absolute atomic E-state index is 11.9. The van der Waals surface area contributed by atoms with Gasteiger partial charge < -0.3 is 10.3 Å². The summed E-state index contributed by atoms with van der Waals surface area (Å²) in [5, 5.41) is 0. The number of nitrogens with zero attached hydrogens (tertiary/aromatic N) is 1. The molecule has 1 heterocycles. The molecule has 0 spiro atoms. The number of rotatable bonds is 4. The van der Waals surface area contributed by atoms with Gasteiger partial charge in [-0.25, -0.2) is 0 Å². The fourth-order valence-corrected chi connectivity index (χ4v) is 3.19. The summed E-state index contributed by atoms with van der Waals surface area (Å²) in [6.07, 6.45) is 0. The van der Waals surface area contributed by atoms with E-state index >= 15 is 0 Å². The second-order valence-electron chi connectivity index (χ2n) is 5.74. The van der Waals surface area contributed by atoms with E-state index < -0.39 is 0 Å². The van der Waals surface area contributed by atoms with E-state index in [-0.39, 0.29) is 5.91 Å². The number of nitrogens with two attached hydrogens (primary N) is 1. The maximum atomic E-state index is 11.9. The molecule has 3 heteroatoms. The third-order valence-electron chi connectivity index (χ3n) is 4.24. The molecule has 3 aromatic rings. The van der Waals surface area contributed by atoms with Crippen LogP contribution < -0.4 is 5.73 Å². The van der Waals surface area contributed by atoms with E-state index in [1.165, 1.54) is 5.56 Å². The number of benzene rings is 2. The van der Waals surface area contributed by atoms with Crippen molar-refractivity contribution < 1.29 is 4.79 Å². The Morgan fingerprint density at radius 1 is 0.957 bits per heavy atom. The third-order valence-corrected chi connectivity index (χ3v) is 4.24. The number of carbonyl (C=O) groups excluding carboxylic acids is 1. The predicted octanol–water partition coefficient (Wildman–Crippen LogP) is 3.92. The molecular weight excluding hydrogens is 284 g/mol. The van der Waals surface area contributed by atoms with Crippen molar-refractivity contribution in [3.8, 4) is 11.3 Å². The third kappa shape index (κ3) is 2.78. The van der Waals surface area contributed by atoms with Crippen LogP contribution in [0.3, 0.4) is 0 Å². The zero-order chi connectivity index (χ0) is 16.4. The molecule has 3 nitrogen and oxygen atoms in total. The van der Waals surface area contributed by atoms with Crippen molar-refractivity contribution in [3.05, 3.63) is 83.0 Å². The summed E-state index contributed by atoms with van der Waals surface area (Å²) in [5.41, 5.74) is 11.4. The first-order valence-corrected chi connectivity index (χ1v) is 7.68. The molecule has 2 N–H and O–H groups in total. The average Bonchev–Trinajstić information content (AvgIpc) is 2.80. The highest BCUT2D eigenvalue weighted by atomic mass is 16.1. The minimum atomic E-state index is -0.371. The van der Waals surface area contributed by atoms with E-state index in [1.807, 2.05) is 50.2 Å². The van der Waals surface area contributed by atoms with Crippen LogP contribution in [0.25, 0.3) is 11.3 Å². The highest BCUT2D eigenvalue weighted by molar-refractivity contribution is 5.98. The molecule has 0 aliphatic rings. The molecule has 0 unspecified atom stereocenters. The normalized spacial score (nSPS) is 10.7. The summed E-state index contributed by atoms with van der Waals surface area (Å²) >= 11 is 0. The number of amides is 1. The van der Waals surface area contributed by atoms with Crippen LogP contribution in [-0.4, -0.2) is 10.5 Å². The van der Waals surface area contributed by atoms with E-state index in [0.29, 0.717) is 12.1 Å². The van der Waals surface area contributed by atoms with Gasteiger partial charge in [0.25, 0.3) is 5.91 Å². The molecule has 3 rings (SSSR count). The van der Waals surface area contributed by atoms with Gasteiger partial charge in [-0.1, -0.05) is 60.7 Å². The van der Waals surface area contributed by atoms with E-state index in [9.17, 15) is 4.79 Å². The van der Waals surface area contributed by atoms with Gasteiger partial charge in [-0.2, -0.15) is 0 Å². The summed E-state index contributed by atoms with van der Waals surface area (Å²) in [7, 11) is 0. The van der Waals surface area contributed by atoms with Gasteiger partial charge in [0.2, 0.25) is 0 Å². The van der Waals surface area contributed by atoms with E-state index in [2.05, 4.69) is 28.8 Å². The van der Waals surface area contributed by atoms with Gasteiger partial charge in [0, 0.05) is 12.2 Å². The lowest BCUT2D eigenvalue weighted by Gasteiger charge is -2.13. The summed E-state index contributed by atoms with van der Waals surface area (Å²) in [5.74, 6) is -0.371. The van der Waals surface area contributed by atoms with Gasteiger partial charge in [0.1, 0.15) is 0 Å². The van der Waals surface area contributed by atoms with Gasteiger partial charge in [-0.3, -0.25) is 4.79 Å². The highest BCUT2D eigenvalue weighted by Crippen LogP contribution is 2.31. The minimum Gasteiger partial charge on any atom is -0.366 e. The van der Waals surface area contributed by atoms with Crippen LogP contribution in [0, 0.1) is 13.8 Å². The Bertz CT molecular complexity index is 833. The number of aromatic nitrogens is 1. The molecular formula is C20H20N2O. The van der Waals surface area contributed by atoms with Crippen LogP contribution in [0.15, 0.2) is 60.7 Å². The van der Waals surface area contributed by atoms with Gasteiger partial charge in [-0.05, 0) is 30.5 Å². The molecule has 0 radical (unpaired) electrons. The van der Waals surface area contributed by atoms with Crippen LogP contribution in [0.5, 0.6) is 0 Å². The molecule has 0 saturated heterocycles. The molecule has 23 heavy (non-hydrogen) atoms. The molecule has 0 bridgehead atoms. The fraction of sp³-hybridized carbons (Fsp3) is 0.150. The zero-order valence-corrected chi connectivity index (χ0v) is 13.4. The average molecular weight is 304 g/mol. The molecule has 1 aromatic heterocycles. The molecule has 116 valence electrons. The Balaban J connectivity index is 2.21. The number of hydrogen-bond donors (Lipinski definition) is 1. The Morgan fingerprint density at radius 2 is 1.52 bits per heavy atom. The molecule has 0 saturated carbocycles. The second-order valence-corrected chi connectivity index (χ2v) is 5.74. The first kappa shape index (κ1) is 15.1. The lowest BCUT2D eigenvalue weighted by molar-refractivity contribution is 0.0999. The van der Waals surface area contributed by atoms with Gasteiger partial charge >= 0.3 is 0 Å². The fourth-order valence-electron chi connectivity index (χ4n) is 3.19. The van der Waals surface area contributed by atoms with Gasteiger partial charge in [0.15, 0.2) is 0 Å². The van der Waals surface area contributed by atoms with E-state index in [0.717, 1.165) is 22.5 Å². The standard InChI is InChI=1S/C20H20N2O/c1-14-18(20(21)23)15(2)22(13-16-9-5-3-6-10-16)19(14)17-11-7-4-8-12-17/h3-12H,13H2,1-2H3,(H2,21,23). The lowest BCUT2D eigenvalue weighted by atomic mass is 10.0. The smallest absolute Gasteiger partial charge is 0.250 e. The monoisotopic (exact) mass is 304 g/mol. The first-order chi connectivity index (χ1) is 11.1. The van der Waals surface area contributed by atoms with Crippen molar-refractivity contribution in [1.29, 1.82) is 0 Å². The van der Waals surface area contributed by atoms with Crippen LogP contribution in [0.1, 0.15) is 27.2 Å². The maximum Gasteiger partial charge on any atom is 0.250 e. The topological polar surface area (TPSA) is 48.0 Å². The first-order valence-electron chi connectivity index (χ1n) is 7.68. The molecule has 2 aromatic carbocycles. The van der Waals surface area contributed by atoms with Crippen LogP contribution in [-0.2, 0) is 6.54 Å². The number of hydrogen-bond acceptors (Lipinski definition) is 1. The number of primary amides is 1. The van der Waals surface area contributed by atoms with Crippen molar-refractivity contribution in [2.24, 2.45) is 5.73 Å². The van der Waals surface area contributed by atoms with Crippen molar-refractivity contribution in [1.82, 2.24) is 4.57 Å². The van der Waals surface area contributed by atoms with E-state index in [1.54, 1.807) is 0 Å². The van der Waals surface area contributed by atoms with Crippen molar-refractivity contribution >= 4 is 5.91 Å². The highest BCUT2D eigenvalue weighted by Gasteiger charge is 2.21. The summed E-state index contributed by atoms with van der Waals surface area (Å²) < 4.78 is 2.18. The molecule has 1 amide bonds. The Morgan fingerprint density at radius 3 is 2.09 bits per heavy atom. The van der Waals surface area contributed by atoms with Crippen LogP contribution in [0.4, 0.5) is 0 Å². The van der Waals surface area contributed by atoms with Crippen molar-refractivity contribution in [3.63, 3.8) is 0 Å². The largest absolute Gasteiger partial charge is 0.366 e. The predicted molar refractivity (Wildman–Crippen MR) is 93.4 cm³/mol. The van der Waals surface area contributed by atoms with Gasteiger partial charge in [-0.15, -0.1) is 0 Å². The minimum absolute atomic E-state index is 0.371. The van der Waals surface area contributed by atoms with Crippen molar-refractivity contribution in [2.45, 2.75) is 20.4 Å². The van der Waals surface area contributed by atoms with Gasteiger partial charge in [0.05, 0.1) is 11.3 Å². The molecule has 0 aliphatic heterocycles. The summed E-state index contributed by atoms with van der Waals surface area (Å²) in [6.45, 7) is 4.64. The SMILES string of the molecule is Cc1c(C(N)=O)c(C)n(Cc2ccccc2)c1-c1ccccc1. The Kier molecular flexibility index (Phi) is 4.02.